The molecular formula is C47H47Cl2N5O. The third-order valence-electron chi connectivity index (χ3n) is 11.4. The van der Waals surface area contributed by atoms with E-state index < -0.39 is 0 Å². The van der Waals surface area contributed by atoms with Crippen molar-refractivity contribution in [1.82, 2.24) is 25.2 Å². The van der Waals surface area contributed by atoms with Crippen LogP contribution in [0.3, 0.4) is 0 Å². The Morgan fingerprint density at radius 2 is 1.11 bits per heavy atom. The molecule has 1 amide bonds. The Bertz CT molecular complexity index is 2300. The normalized spacial score (nSPS) is 16.5. The molecule has 5 heterocycles. The SMILES string of the molecule is Cc1ccc2c(n1)C(=C1CCN(C(=O)Cc3ccncc3)CC1)c1ccc(Cl)cc1CC2.Cc1ccc2c(n1)C(=C1CCNCC1)c1ccc(Cl)cc1CC2. The topological polar surface area (TPSA) is 71.0 Å². The lowest BCUT2D eigenvalue weighted by Crippen LogP contribution is -2.37. The van der Waals surface area contributed by atoms with Crippen LogP contribution in [0.25, 0.3) is 11.1 Å². The zero-order valence-corrected chi connectivity index (χ0v) is 33.2. The van der Waals surface area contributed by atoms with Gasteiger partial charge in [-0.3, -0.25) is 19.7 Å². The Balaban J connectivity index is 0.000000164. The number of nitrogens with zero attached hydrogens (tertiary/aromatic N) is 4. The quantitative estimate of drug-likeness (QED) is 0.194. The third-order valence-corrected chi connectivity index (χ3v) is 11.9. The molecule has 0 spiro atoms. The van der Waals surface area contributed by atoms with Crippen molar-refractivity contribution in [2.75, 3.05) is 26.2 Å². The molecule has 2 aliphatic carbocycles. The monoisotopic (exact) mass is 767 g/mol. The standard InChI is InChI=1S/C27H26ClN3O.C20H21ClN2/c1-18-2-3-21-4-5-22-17-23(28)6-7-24(22)26(27(21)30-18)20-10-14-31(15-11-20)25(32)16-19-8-12-29-13-9-19;1-13-2-3-15-4-5-16-12-17(21)6-7-18(16)19(20(15)23-13)14-8-10-22-11-9-14/h2-3,6-9,12-13,17H,4-5,10-11,14-16H2,1H3;2-3,6-7,12,22H,4-5,8-11H2,1H3. The van der Waals surface area contributed by atoms with Gasteiger partial charge in [-0.1, -0.05) is 58.6 Å². The molecule has 6 nitrogen and oxygen atoms in total. The molecule has 2 aliphatic heterocycles. The van der Waals surface area contributed by atoms with Gasteiger partial charge in [0.1, 0.15) is 0 Å². The summed E-state index contributed by atoms with van der Waals surface area (Å²) >= 11 is 12.6. The van der Waals surface area contributed by atoms with Crippen LogP contribution in [0.1, 0.15) is 87.4 Å². The number of fused-ring (bicyclic) bond motifs is 4. The molecule has 2 fully saturated rings. The van der Waals surface area contributed by atoms with E-state index in [1.54, 1.807) is 12.4 Å². The van der Waals surface area contributed by atoms with Gasteiger partial charge in [-0.2, -0.15) is 0 Å². The third kappa shape index (κ3) is 8.33. The zero-order chi connectivity index (χ0) is 37.9. The minimum absolute atomic E-state index is 0.183. The number of aryl methyl sites for hydroxylation is 6. The molecule has 0 unspecified atom stereocenters. The molecule has 5 aromatic rings. The van der Waals surface area contributed by atoms with Crippen molar-refractivity contribution in [3.8, 4) is 0 Å². The Morgan fingerprint density at radius 3 is 1.64 bits per heavy atom. The molecule has 0 bridgehead atoms. The summed E-state index contributed by atoms with van der Waals surface area (Å²) in [4.78, 5) is 28.8. The fourth-order valence-corrected chi connectivity index (χ4v) is 8.97. The van der Waals surface area contributed by atoms with E-state index in [1.807, 2.05) is 29.2 Å². The van der Waals surface area contributed by atoms with Gasteiger partial charge in [0.15, 0.2) is 0 Å². The molecule has 55 heavy (non-hydrogen) atoms. The van der Waals surface area contributed by atoms with Gasteiger partial charge in [-0.05, 0) is 166 Å². The fourth-order valence-electron chi connectivity index (χ4n) is 8.58. The first-order valence-electron chi connectivity index (χ1n) is 19.6. The maximum absolute atomic E-state index is 12.8. The Morgan fingerprint density at radius 1 is 0.618 bits per heavy atom. The maximum Gasteiger partial charge on any atom is 0.227 e. The summed E-state index contributed by atoms with van der Waals surface area (Å²) in [5.41, 5.74) is 18.9. The summed E-state index contributed by atoms with van der Waals surface area (Å²) in [7, 11) is 0. The van der Waals surface area contributed by atoms with Crippen LogP contribution in [-0.2, 0) is 36.9 Å². The van der Waals surface area contributed by atoms with Crippen LogP contribution in [-0.4, -0.2) is 51.9 Å². The molecule has 2 saturated heterocycles. The summed E-state index contributed by atoms with van der Waals surface area (Å²) in [6, 6.07) is 25.1. The van der Waals surface area contributed by atoms with Crippen LogP contribution in [0.15, 0.2) is 96.3 Å². The first-order chi connectivity index (χ1) is 26.8. The van der Waals surface area contributed by atoms with Crippen LogP contribution in [0.2, 0.25) is 10.0 Å². The average Bonchev–Trinajstić information content (AvgIpc) is 3.46. The van der Waals surface area contributed by atoms with Crippen LogP contribution >= 0.6 is 23.2 Å². The second kappa shape index (κ2) is 16.6. The molecule has 2 aromatic carbocycles. The highest BCUT2D eigenvalue weighted by molar-refractivity contribution is 6.31. The molecule has 0 saturated carbocycles. The number of amides is 1. The van der Waals surface area contributed by atoms with Gasteiger partial charge in [0, 0.05) is 58.1 Å². The van der Waals surface area contributed by atoms with Crippen molar-refractivity contribution in [2.45, 2.75) is 71.6 Å². The number of pyridine rings is 3. The van der Waals surface area contributed by atoms with Gasteiger partial charge in [0.05, 0.1) is 17.8 Å². The molecule has 0 atom stereocenters. The Hall–Kier alpha value is -4.62. The second-order valence-corrected chi connectivity index (χ2v) is 16.0. The number of benzene rings is 2. The van der Waals surface area contributed by atoms with E-state index >= 15 is 0 Å². The van der Waals surface area contributed by atoms with E-state index in [9.17, 15) is 4.79 Å². The van der Waals surface area contributed by atoms with Crippen molar-refractivity contribution < 1.29 is 4.79 Å². The van der Waals surface area contributed by atoms with Gasteiger partial charge < -0.3 is 10.2 Å². The number of piperidine rings is 2. The molecule has 4 aliphatic rings. The minimum atomic E-state index is 0.183. The minimum Gasteiger partial charge on any atom is -0.342 e. The fraction of sp³-hybridized carbons (Fsp3) is 0.319. The van der Waals surface area contributed by atoms with Crippen molar-refractivity contribution in [1.29, 1.82) is 0 Å². The Kier molecular flexibility index (Phi) is 11.3. The predicted molar refractivity (Wildman–Crippen MR) is 224 cm³/mol. The predicted octanol–water partition coefficient (Wildman–Crippen LogP) is 9.53. The second-order valence-electron chi connectivity index (χ2n) is 15.1. The highest BCUT2D eigenvalue weighted by Crippen LogP contribution is 2.40. The number of hydrogen-bond donors (Lipinski definition) is 1. The number of nitrogens with one attached hydrogen (secondary N) is 1. The number of aromatic nitrogens is 3. The van der Waals surface area contributed by atoms with Crippen molar-refractivity contribution in [3.63, 3.8) is 0 Å². The van der Waals surface area contributed by atoms with E-state index in [-0.39, 0.29) is 5.91 Å². The average molecular weight is 769 g/mol. The van der Waals surface area contributed by atoms with Crippen LogP contribution in [0, 0.1) is 13.8 Å². The summed E-state index contributed by atoms with van der Waals surface area (Å²) < 4.78 is 0. The van der Waals surface area contributed by atoms with Gasteiger partial charge in [0.25, 0.3) is 0 Å². The van der Waals surface area contributed by atoms with Crippen LogP contribution in [0.4, 0.5) is 0 Å². The number of hydrogen-bond acceptors (Lipinski definition) is 5. The number of likely N-dealkylation sites (tertiary alicyclic amines) is 1. The van der Waals surface area contributed by atoms with E-state index in [1.165, 1.54) is 61.4 Å². The van der Waals surface area contributed by atoms with E-state index in [2.05, 4.69) is 72.7 Å². The molecule has 280 valence electrons. The van der Waals surface area contributed by atoms with E-state index in [4.69, 9.17) is 33.2 Å². The van der Waals surface area contributed by atoms with E-state index in [0.29, 0.717) is 6.42 Å². The number of rotatable bonds is 2. The van der Waals surface area contributed by atoms with Gasteiger partial charge >= 0.3 is 0 Å². The molecule has 8 heteroatoms. The lowest BCUT2D eigenvalue weighted by Gasteiger charge is -2.30. The molecular weight excluding hydrogens is 721 g/mol. The van der Waals surface area contributed by atoms with Crippen molar-refractivity contribution in [2.24, 2.45) is 0 Å². The lowest BCUT2D eigenvalue weighted by molar-refractivity contribution is -0.130. The van der Waals surface area contributed by atoms with Crippen molar-refractivity contribution >= 4 is 40.3 Å². The maximum atomic E-state index is 12.8. The summed E-state index contributed by atoms with van der Waals surface area (Å²) in [6.07, 6.45) is 11.8. The number of carbonyl (C=O) groups excluding carboxylic acids is 1. The van der Waals surface area contributed by atoms with Gasteiger partial charge in [-0.25, -0.2) is 0 Å². The summed E-state index contributed by atoms with van der Waals surface area (Å²) in [5, 5.41) is 5.07. The van der Waals surface area contributed by atoms with Gasteiger partial charge in [0.2, 0.25) is 5.91 Å². The largest absolute Gasteiger partial charge is 0.342 e. The van der Waals surface area contributed by atoms with Crippen molar-refractivity contribution in [3.05, 3.63) is 168 Å². The molecule has 9 rings (SSSR count). The van der Waals surface area contributed by atoms with Crippen LogP contribution in [0.5, 0.6) is 0 Å². The number of halogens is 2. The molecule has 3 aromatic heterocycles. The lowest BCUT2D eigenvalue weighted by atomic mass is 9.88. The molecule has 0 radical (unpaired) electrons. The zero-order valence-electron chi connectivity index (χ0n) is 31.7. The highest BCUT2D eigenvalue weighted by atomic mass is 35.5. The number of carbonyl (C=O) groups is 1. The summed E-state index contributed by atoms with van der Waals surface area (Å²) in [6.45, 7) is 7.74. The first-order valence-corrected chi connectivity index (χ1v) is 20.4. The highest BCUT2D eigenvalue weighted by Gasteiger charge is 2.27. The summed E-state index contributed by atoms with van der Waals surface area (Å²) in [5.74, 6) is 0.183. The van der Waals surface area contributed by atoms with Crippen LogP contribution < -0.4 is 5.32 Å². The molecule has 1 N–H and O–H groups in total. The first kappa shape index (κ1) is 37.3. The Labute approximate surface area is 334 Å². The van der Waals surface area contributed by atoms with E-state index in [0.717, 1.165) is 110 Å². The van der Waals surface area contributed by atoms with Gasteiger partial charge in [-0.15, -0.1) is 0 Å². The smallest absolute Gasteiger partial charge is 0.227 e.